The molecule has 124 valence electrons. The number of carbonyl (C=O) groups is 1. The van der Waals surface area contributed by atoms with Gasteiger partial charge in [-0.2, -0.15) is 0 Å². The number of aromatic amines is 1. The molecule has 2 N–H and O–H groups in total. The first-order valence-electron chi connectivity index (χ1n) is 8.33. The Hall–Kier alpha value is -2.01. The molecule has 2 aromatic rings. The third kappa shape index (κ3) is 3.50. The number of rotatable bonds is 4. The highest BCUT2D eigenvalue weighted by Gasteiger charge is 2.29. The van der Waals surface area contributed by atoms with E-state index in [2.05, 4.69) is 4.98 Å². The maximum atomic E-state index is 12.9. The molecule has 2 atom stereocenters. The van der Waals surface area contributed by atoms with Crippen LogP contribution in [0.2, 0.25) is 0 Å². The van der Waals surface area contributed by atoms with E-state index < -0.39 is 6.10 Å². The molecule has 1 aliphatic rings. The molecular formula is C18H24N2O3. The molecule has 23 heavy (non-hydrogen) atoms. The van der Waals surface area contributed by atoms with Crippen molar-refractivity contribution in [2.75, 3.05) is 6.54 Å². The van der Waals surface area contributed by atoms with Crippen LogP contribution in [0.25, 0.3) is 0 Å². The Balaban J connectivity index is 1.77. The lowest BCUT2D eigenvalue weighted by atomic mass is 10.0. The molecular weight excluding hydrogens is 292 g/mol. The summed E-state index contributed by atoms with van der Waals surface area (Å²) in [6.07, 6.45) is 7.37. The molecule has 3 rings (SSSR count). The highest BCUT2D eigenvalue weighted by Crippen LogP contribution is 2.28. The van der Waals surface area contributed by atoms with E-state index in [-0.39, 0.29) is 11.9 Å². The van der Waals surface area contributed by atoms with Gasteiger partial charge in [-0.3, -0.25) is 4.79 Å². The highest BCUT2D eigenvalue weighted by atomic mass is 16.4. The van der Waals surface area contributed by atoms with Gasteiger partial charge in [-0.15, -0.1) is 0 Å². The van der Waals surface area contributed by atoms with E-state index >= 15 is 0 Å². The largest absolute Gasteiger partial charge is 0.467 e. The van der Waals surface area contributed by atoms with Crippen molar-refractivity contribution < 1.29 is 14.3 Å². The van der Waals surface area contributed by atoms with Gasteiger partial charge in [-0.05, 0) is 38.0 Å². The summed E-state index contributed by atoms with van der Waals surface area (Å²) in [5.41, 5.74) is 1.62. The topological polar surface area (TPSA) is 69.5 Å². The van der Waals surface area contributed by atoms with Gasteiger partial charge in [0.15, 0.2) is 0 Å². The quantitative estimate of drug-likeness (QED) is 0.908. The van der Waals surface area contributed by atoms with Gasteiger partial charge in [0.25, 0.3) is 5.91 Å². The zero-order valence-electron chi connectivity index (χ0n) is 13.5. The molecule has 1 saturated heterocycles. The molecule has 0 bridgehead atoms. The number of amides is 1. The second kappa shape index (κ2) is 7.04. The number of nitrogens with zero attached hydrogens (tertiary/aromatic N) is 1. The molecule has 0 aromatic carbocycles. The van der Waals surface area contributed by atoms with E-state index in [1.807, 2.05) is 17.9 Å². The number of aryl methyl sites for hydroxylation is 1. The van der Waals surface area contributed by atoms with Gasteiger partial charge < -0.3 is 19.4 Å². The van der Waals surface area contributed by atoms with Crippen LogP contribution in [-0.2, 0) is 0 Å². The highest BCUT2D eigenvalue weighted by molar-refractivity contribution is 5.95. The molecule has 0 spiro atoms. The van der Waals surface area contributed by atoms with Gasteiger partial charge in [0.2, 0.25) is 0 Å². The summed E-state index contributed by atoms with van der Waals surface area (Å²) in [7, 11) is 0. The first kappa shape index (κ1) is 15.9. The van der Waals surface area contributed by atoms with Crippen molar-refractivity contribution in [2.45, 2.75) is 51.2 Å². The van der Waals surface area contributed by atoms with Crippen LogP contribution in [-0.4, -0.2) is 33.5 Å². The fourth-order valence-corrected chi connectivity index (χ4v) is 3.38. The lowest BCUT2D eigenvalue weighted by molar-refractivity contribution is 0.0557. The van der Waals surface area contributed by atoms with Crippen molar-refractivity contribution in [1.29, 1.82) is 0 Å². The predicted molar refractivity (Wildman–Crippen MR) is 87.1 cm³/mol. The normalized spacial score (nSPS) is 20.3. The summed E-state index contributed by atoms with van der Waals surface area (Å²) >= 11 is 0. The van der Waals surface area contributed by atoms with Crippen molar-refractivity contribution in [3.63, 3.8) is 0 Å². The Bertz CT molecular complexity index is 632. The number of hydrogen-bond acceptors (Lipinski definition) is 3. The molecule has 1 fully saturated rings. The summed E-state index contributed by atoms with van der Waals surface area (Å²) < 4.78 is 5.30. The van der Waals surface area contributed by atoms with Crippen LogP contribution in [0.15, 0.2) is 35.1 Å². The van der Waals surface area contributed by atoms with Crippen molar-refractivity contribution >= 4 is 5.91 Å². The van der Waals surface area contributed by atoms with Gasteiger partial charge in [-0.25, -0.2) is 0 Å². The number of aliphatic hydroxyl groups is 1. The molecule has 2 aromatic heterocycles. The summed E-state index contributed by atoms with van der Waals surface area (Å²) in [4.78, 5) is 17.9. The Morgan fingerprint density at radius 3 is 3.00 bits per heavy atom. The average Bonchev–Trinajstić information content (AvgIpc) is 3.16. The molecule has 0 radical (unpaired) electrons. The van der Waals surface area contributed by atoms with E-state index in [9.17, 15) is 9.90 Å². The Morgan fingerprint density at radius 2 is 2.30 bits per heavy atom. The van der Waals surface area contributed by atoms with Crippen molar-refractivity contribution in [3.8, 4) is 0 Å². The van der Waals surface area contributed by atoms with Gasteiger partial charge in [0, 0.05) is 30.9 Å². The summed E-state index contributed by atoms with van der Waals surface area (Å²) in [5, 5.41) is 10.4. The van der Waals surface area contributed by atoms with Gasteiger partial charge in [0.05, 0.1) is 11.8 Å². The smallest absolute Gasteiger partial charge is 0.255 e. The number of aliphatic hydroxyl groups excluding tert-OH is 1. The van der Waals surface area contributed by atoms with Crippen LogP contribution in [0.5, 0.6) is 0 Å². The lowest BCUT2D eigenvalue weighted by Gasteiger charge is -2.31. The fourth-order valence-electron chi connectivity index (χ4n) is 3.38. The number of carbonyl (C=O) groups excluding carboxylic acids is 1. The molecule has 1 aliphatic heterocycles. The van der Waals surface area contributed by atoms with Crippen molar-refractivity contribution in [3.05, 3.63) is 47.7 Å². The molecule has 0 saturated carbocycles. The van der Waals surface area contributed by atoms with Crippen LogP contribution in [0.1, 0.15) is 60.0 Å². The minimum Gasteiger partial charge on any atom is -0.467 e. The van der Waals surface area contributed by atoms with Crippen molar-refractivity contribution in [1.82, 2.24) is 9.88 Å². The number of nitrogens with one attached hydrogen (secondary N) is 1. The average molecular weight is 316 g/mol. The summed E-state index contributed by atoms with van der Waals surface area (Å²) in [6, 6.07) is 5.43. The van der Waals surface area contributed by atoms with Crippen LogP contribution < -0.4 is 0 Å². The number of aromatic nitrogens is 1. The number of likely N-dealkylation sites (tertiary alicyclic amines) is 1. The summed E-state index contributed by atoms with van der Waals surface area (Å²) in [5.74, 6) is 0.627. The Labute approximate surface area is 136 Å². The molecule has 0 unspecified atom stereocenters. The maximum Gasteiger partial charge on any atom is 0.255 e. The zero-order chi connectivity index (χ0) is 16.2. The van der Waals surface area contributed by atoms with Crippen LogP contribution in [0, 0.1) is 6.92 Å². The predicted octanol–water partition coefficient (Wildman–Crippen LogP) is 3.42. The summed E-state index contributed by atoms with van der Waals surface area (Å²) in [6.45, 7) is 2.66. The first-order chi connectivity index (χ1) is 11.2. The van der Waals surface area contributed by atoms with E-state index in [0.29, 0.717) is 12.2 Å². The SMILES string of the molecule is Cc1[nH]ccc1C(=O)N1CCCCC[C@@H]1C[C@H](O)c1ccco1. The number of hydrogen-bond donors (Lipinski definition) is 2. The molecule has 0 aliphatic carbocycles. The molecule has 5 nitrogen and oxygen atoms in total. The second-order valence-electron chi connectivity index (χ2n) is 6.28. The van der Waals surface area contributed by atoms with E-state index in [1.54, 1.807) is 24.6 Å². The van der Waals surface area contributed by atoms with Crippen LogP contribution >= 0.6 is 0 Å². The monoisotopic (exact) mass is 316 g/mol. The van der Waals surface area contributed by atoms with Crippen LogP contribution in [0.4, 0.5) is 0 Å². The van der Waals surface area contributed by atoms with E-state index in [4.69, 9.17) is 4.42 Å². The van der Waals surface area contributed by atoms with E-state index in [1.165, 1.54) is 0 Å². The number of furan rings is 1. The van der Waals surface area contributed by atoms with E-state index in [0.717, 1.165) is 43.5 Å². The van der Waals surface area contributed by atoms with Gasteiger partial charge >= 0.3 is 0 Å². The second-order valence-corrected chi connectivity index (χ2v) is 6.28. The standard InChI is InChI=1S/C18H24N2O3/c1-13-15(8-9-19-13)18(22)20-10-4-2-3-6-14(20)12-16(21)17-7-5-11-23-17/h5,7-9,11,14,16,19,21H,2-4,6,10,12H2,1H3/t14-,16+/m1/s1. The van der Waals surface area contributed by atoms with Crippen LogP contribution in [0.3, 0.4) is 0 Å². The Kier molecular flexibility index (Phi) is 4.86. The molecule has 3 heterocycles. The maximum absolute atomic E-state index is 12.9. The third-order valence-electron chi connectivity index (χ3n) is 4.69. The molecule has 5 heteroatoms. The fraction of sp³-hybridized carbons (Fsp3) is 0.500. The third-order valence-corrected chi connectivity index (χ3v) is 4.69. The minimum atomic E-state index is -0.671. The van der Waals surface area contributed by atoms with Crippen molar-refractivity contribution in [2.24, 2.45) is 0 Å². The van der Waals surface area contributed by atoms with Gasteiger partial charge in [-0.1, -0.05) is 12.8 Å². The Morgan fingerprint density at radius 1 is 1.43 bits per heavy atom. The lowest BCUT2D eigenvalue weighted by Crippen LogP contribution is -2.41. The van der Waals surface area contributed by atoms with Gasteiger partial charge in [0.1, 0.15) is 11.9 Å². The number of H-pyrrole nitrogens is 1. The first-order valence-corrected chi connectivity index (χ1v) is 8.33. The zero-order valence-corrected chi connectivity index (χ0v) is 13.5. The molecule has 1 amide bonds. The minimum absolute atomic E-state index is 0.0411.